The Morgan fingerprint density at radius 1 is 0.712 bits per heavy atom. The molecular weight excluding hydrogens is 959 g/mol. The highest BCUT2D eigenvalue weighted by atomic mass is 19.4. The Bertz CT molecular complexity index is 3420. The number of aromatic nitrogens is 2. The van der Waals surface area contributed by atoms with E-state index in [0.717, 1.165) is 35.4 Å². The van der Waals surface area contributed by atoms with Gasteiger partial charge in [0.15, 0.2) is 0 Å². The molecule has 5 aromatic carbocycles. The van der Waals surface area contributed by atoms with Crippen LogP contribution in [0.25, 0.3) is 33.2 Å². The molecule has 1 atom stereocenters. The van der Waals surface area contributed by atoms with Crippen molar-refractivity contribution >= 4 is 56.9 Å². The van der Waals surface area contributed by atoms with Gasteiger partial charge >= 0.3 is 12.4 Å². The highest BCUT2D eigenvalue weighted by Gasteiger charge is 2.35. The zero-order valence-electron chi connectivity index (χ0n) is 39.7. The van der Waals surface area contributed by atoms with Crippen molar-refractivity contribution in [1.82, 2.24) is 25.3 Å². The zero-order chi connectivity index (χ0) is 52.7. The van der Waals surface area contributed by atoms with Crippen LogP contribution in [-0.4, -0.2) is 60.9 Å². The number of rotatable bonds is 13. The molecule has 4 amide bonds. The molecule has 378 valence electrons. The lowest BCUT2D eigenvalue weighted by Gasteiger charge is -2.19. The predicted molar refractivity (Wildman–Crippen MR) is 262 cm³/mol. The first-order chi connectivity index (χ1) is 34.5. The summed E-state index contributed by atoms with van der Waals surface area (Å²) in [5.41, 5.74) is 12.3. The van der Waals surface area contributed by atoms with Gasteiger partial charge in [0.25, 0.3) is 5.91 Å². The van der Waals surface area contributed by atoms with E-state index in [4.69, 9.17) is 5.73 Å². The van der Waals surface area contributed by atoms with Crippen molar-refractivity contribution < 1.29 is 55.7 Å². The highest BCUT2D eigenvalue weighted by molar-refractivity contribution is 6.22. The largest absolute Gasteiger partial charge is 0.494 e. The van der Waals surface area contributed by atoms with Gasteiger partial charge in [0.05, 0.1) is 39.0 Å². The summed E-state index contributed by atoms with van der Waals surface area (Å²) in [4.78, 5) is 49.9. The second kappa shape index (κ2) is 20.0. The van der Waals surface area contributed by atoms with Crippen molar-refractivity contribution in [1.29, 1.82) is 0 Å². The van der Waals surface area contributed by atoms with E-state index >= 15 is 0 Å². The van der Waals surface area contributed by atoms with Crippen LogP contribution >= 0.6 is 0 Å². The Morgan fingerprint density at radius 2 is 1.29 bits per heavy atom. The SMILES string of the molecule is CC(=NNC(=O)C1CCCNC1=O)c1c(O)n(-c2cc(C)cc(Cc3cccc(C(=NNC(=O)CCC(N)=O)c4c(O)n(-c5cc(C)cc(C)c5)c5cc(C(F)(F)F)ccc45)c3)c2)c2cc(C(F)(F)F)ccc12. The number of halogens is 6. The normalized spacial score (nSPS) is 14.7. The molecule has 0 radical (unpaired) electrons. The number of carbonyl (C=O) groups excluding carboxylic acids is 4. The molecule has 2 aromatic heterocycles. The number of nitrogens with zero attached hydrogens (tertiary/aromatic N) is 4. The van der Waals surface area contributed by atoms with Gasteiger partial charge in [0.2, 0.25) is 29.5 Å². The molecule has 1 unspecified atom stereocenters. The summed E-state index contributed by atoms with van der Waals surface area (Å²) in [6, 6.07) is 23.0. The standard InChI is InChI=1S/C53H48F6N8O6/c1-27-17-28(2)20-36(19-27)66-42-26-35(53(57,58)59)11-13-39(42)46(51(66)73)47(64-63-44(69)15-14-43(60)68)33-8-5-7-31(23-33)22-32-18-29(3)21-37(24-32)67-41-25-34(52(54,55)56)10-12-38(41)45(50(67)72)30(4)62-65-49(71)40-9-6-16-61-48(40)70/h5,7-8,10-13,17-21,23-26,40,72-73H,6,9,14-16,22H2,1-4H3,(H2,60,68)(H,61,70)(H,63,69)(H,65,71). The minimum absolute atomic E-state index is 0.0190. The summed E-state index contributed by atoms with van der Waals surface area (Å²) in [7, 11) is 0. The van der Waals surface area contributed by atoms with Crippen LogP contribution in [0.4, 0.5) is 26.3 Å². The molecule has 20 heteroatoms. The van der Waals surface area contributed by atoms with Crippen LogP contribution in [-0.2, 0) is 38.0 Å². The summed E-state index contributed by atoms with van der Waals surface area (Å²) >= 11 is 0. The second-order valence-corrected chi connectivity index (χ2v) is 18.0. The third-order valence-corrected chi connectivity index (χ3v) is 12.4. The van der Waals surface area contributed by atoms with Gasteiger partial charge in [-0.05, 0) is 129 Å². The Hall–Kier alpha value is -8.42. The van der Waals surface area contributed by atoms with E-state index in [9.17, 15) is 55.7 Å². The zero-order valence-corrected chi connectivity index (χ0v) is 39.7. The van der Waals surface area contributed by atoms with Gasteiger partial charge in [0.1, 0.15) is 11.6 Å². The Balaban J connectivity index is 1.23. The number of hydrazone groups is 2. The summed E-state index contributed by atoms with van der Waals surface area (Å²) in [6.45, 7) is 7.23. The van der Waals surface area contributed by atoms with Crippen molar-refractivity contribution in [2.75, 3.05) is 6.54 Å². The van der Waals surface area contributed by atoms with E-state index in [1.807, 2.05) is 12.1 Å². The molecule has 1 saturated heterocycles. The van der Waals surface area contributed by atoms with Crippen LogP contribution in [0.3, 0.4) is 0 Å². The van der Waals surface area contributed by atoms with Gasteiger partial charge in [-0.2, -0.15) is 36.5 Å². The van der Waals surface area contributed by atoms with Gasteiger partial charge in [-0.3, -0.25) is 28.3 Å². The molecule has 0 aliphatic carbocycles. The number of carbonyl (C=O) groups is 4. The first-order valence-electron chi connectivity index (χ1n) is 22.9. The Morgan fingerprint density at radius 3 is 1.88 bits per heavy atom. The lowest BCUT2D eigenvalue weighted by atomic mass is 9.96. The maximum atomic E-state index is 14.3. The summed E-state index contributed by atoms with van der Waals surface area (Å²) in [5, 5.41) is 35.7. The smallest absolute Gasteiger partial charge is 0.416 e. The number of hydrogen-bond acceptors (Lipinski definition) is 8. The maximum Gasteiger partial charge on any atom is 0.416 e. The first kappa shape index (κ1) is 51.0. The number of benzene rings is 5. The average molecular weight is 1010 g/mol. The van der Waals surface area contributed by atoms with Crippen LogP contribution in [0.5, 0.6) is 11.8 Å². The van der Waals surface area contributed by atoms with E-state index in [1.54, 1.807) is 69.3 Å². The molecule has 3 heterocycles. The van der Waals surface area contributed by atoms with Gasteiger partial charge in [-0.25, -0.2) is 10.9 Å². The van der Waals surface area contributed by atoms with Gasteiger partial charge < -0.3 is 21.3 Å². The molecule has 0 bridgehead atoms. The summed E-state index contributed by atoms with van der Waals surface area (Å²) < 4.78 is 88.0. The van der Waals surface area contributed by atoms with E-state index in [2.05, 4.69) is 26.4 Å². The lowest BCUT2D eigenvalue weighted by molar-refractivity contribution is -0.138. The van der Waals surface area contributed by atoms with Crippen LogP contribution in [0.1, 0.15) is 88.2 Å². The molecule has 1 fully saturated rings. The average Bonchev–Trinajstić information content (AvgIpc) is 3.77. The van der Waals surface area contributed by atoms with Crippen LogP contribution in [0.15, 0.2) is 107 Å². The van der Waals surface area contributed by atoms with Crippen molar-refractivity contribution in [3.63, 3.8) is 0 Å². The molecule has 1 aliphatic heterocycles. The molecule has 1 aliphatic rings. The van der Waals surface area contributed by atoms with Crippen molar-refractivity contribution in [3.05, 3.63) is 153 Å². The van der Waals surface area contributed by atoms with Gasteiger partial charge in [0, 0.05) is 47.1 Å². The molecular formula is C53H48F6N8O6. The molecule has 14 nitrogen and oxygen atoms in total. The van der Waals surface area contributed by atoms with Crippen LogP contribution in [0, 0.1) is 26.7 Å². The molecule has 7 N–H and O–H groups in total. The number of nitrogens with two attached hydrogens (primary N) is 1. The van der Waals surface area contributed by atoms with Crippen LogP contribution < -0.4 is 21.9 Å². The fourth-order valence-corrected chi connectivity index (χ4v) is 9.20. The minimum Gasteiger partial charge on any atom is -0.494 e. The summed E-state index contributed by atoms with van der Waals surface area (Å²) in [6.07, 6.45) is -9.15. The summed E-state index contributed by atoms with van der Waals surface area (Å²) in [5.74, 6) is -4.60. The molecule has 0 spiro atoms. The third kappa shape index (κ3) is 10.8. The minimum atomic E-state index is -4.76. The molecule has 73 heavy (non-hydrogen) atoms. The van der Waals surface area contributed by atoms with Gasteiger partial charge in [-0.1, -0.05) is 42.5 Å². The fourth-order valence-electron chi connectivity index (χ4n) is 9.20. The number of nitrogens with one attached hydrogen (secondary N) is 3. The number of primary amides is 1. The molecule has 8 rings (SSSR count). The number of fused-ring (bicyclic) bond motifs is 2. The monoisotopic (exact) mass is 1010 g/mol. The van der Waals surface area contributed by atoms with Crippen molar-refractivity contribution in [3.8, 4) is 23.1 Å². The van der Waals surface area contributed by atoms with E-state index in [1.165, 1.54) is 28.2 Å². The van der Waals surface area contributed by atoms with Crippen LogP contribution in [0.2, 0.25) is 0 Å². The number of piperidine rings is 1. The second-order valence-electron chi connectivity index (χ2n) is 18.0. The quantitative estimate of drug-likeness (QED) is 0.0288. The van der Waals surface area contributed by atoms with Crippen molar-refractivity contribution in [2.24, 2.45) is 21.9 Å². The van der Waals surface area contributed by atoms with E-state index in [-0.39, 0.29) is 69.3 Å². The maximum absolute atomic E-state index is 14.3. The Labute approximate surface area is 413 Å². The third-order valence-electron chi connectivity index (χ3n) is 12.4. The van der Waals surface area contributed by atoms with E-state index < -0.39 is 64.8 Å². The molecule has 7 aromatic rings. The van der Waals surface area contributed by atoms with Gasteiger partial charge in [-0.15, -0.1) is 0 Å². The Kier molecular flexibility index (Phi) is 14.0. The predicted octanol–water partition coefficient (Wildman–Crippen LogP) is 9.04. The lowest BCUT2D eigenvalue weighted by Crippen LogP contribution is -2.44. The topological polar surface area (TPSA) is 205 Å². The van der Waals surface area contributed by atoms with Crippen molar-refractivity contribution in [2.45, 2.75) is 72.2 Å². The first-order valence-corrected chi connectivity index (χ1v) is 22.9. The number of amides is 4. The number of aryl methyl sites for hydroxylation is 3. The number of hydrogen-bond donors (Lipinski definition) is 6. The molecule has 0 saturated carbocycles. The fraction of sp³-hybridized carbons (Fsp3) is 0.245. The van der Waals surface area contributed by atoms with E-state index in [0.29, 0.717) is 47.3 Å². The number of aromatic hydroxyl groups is 2. The number of alkyl halides is 6. The highest BCUT2D eigenvalue weighted by Crippen LogP contribution is 2.42.